The van der Waals surface area contributed by atoms with E-state index in [9.17, 15) is 8.42 Å². The number of likely N-dealkylation sites (N-methyl/N-ethyl adjacent to an activating group) is 1. The Morgan fingerprint density at radius 2 is 1.81 bits per heavy atom. The summed E-state index contributed by atoms with van der Waals surface area (Å²) in [5, 5.41) is 4.97. The Morgan fingerprint density at radius 3 is 2.25 bits per heavy atom. The Balaban J connectivity index is 2.59. The van der Waals surface area contributed by atoms with Gasteiger partial charge in [0.15, 0.2) is 0 Å². The van der Waals surface area contributed by atoms with Crippen molar-refractivity contribution in [2.75, 3.05) is 27.2 Å². The van der Waals surface area contributed by atoms with E-state index in [1.807, 2.05) is 19.0 Å². The monoisotopic (exact) mass is 244 g/mol. The van der Waals surface area contributed by atoms with Crippen LogP contribution in [0, 0.1) is 0 Å². The molecule has 0 radical (unpaired) electrons. The Hall–Kier alpha value is -1.11. The molecule has 0 aromatic heterocycles. The fraction of sp³-hybridized carbons (Fsp3) is 0.400. The molecule has 0 heterocycles. The average molecular weight is 244 g/mol. The van der Waals surface area contributed by atoms with Crippen LogP contribution in [-0.2, 0) is 10.0 Å². The lowest BCUT2D eigenvalue weighted by Gasteiger charge is -2.10. The summed E-state index contributed by atoms with van der Waals surface area (Å²) >= 11 is 0. The van der Waals surface area contributed by atoms with E-state index in [-0.39, 0.29) is 4.90 Å². The SMILES string of the molecule is CN(C)CCOc1ccc(S(N)(=O)=O)cc1. The van der Waals surface area contributed by atoms with Gasteiger partial charge in [0.25, 0.3) is 0 Å². The third kappa shape index (κ3) is 4.18. The second kappa shape index (κ2) is 5.29. The number of sulfonamides is 1. The van der Waals surface area contributed by atoms with Crippen LogP contribution < -0.4 is 9.88 Å². The second-order valence-corrected chi connectivity index (χ2v) is 5.23. The highest BCUT2D eigenvalue weighted by Gasteiger charge is 2.06. The van der Waals surface area contributed by atoms with Gasteiger partial charge in [-0.3, -0.25) is 0 Å². The Bertz CT molecular complexity index is 426. The quantitative estimate of drug-likeness (QED) is 0.807. The second-order valence-electron chi connectivity index (χ2n) is 3.67. The van der Waals surface area contributed by atoms with Gasteiger partial charge in [-0.2, -0.15) is 0 Å². The zero-order valence-electron chi connectivity index (χ0n) is 9.38. The number of nitrogens with two attached hydrogens (primary N) is 1. The number of nitrogens with zero attached hydrogens (tertiary/aromatic N) is 1. The summed E-state index contributed by atoms with van der Waals surface area (Å²) < 4.78 is 27.4. The fourth-order valence-electron chi connectivity index (χ4n) is 1.07. The van der Waals surface area contributed by atoms with Crippen molar-refractivity contribution in [3.05, 3.63) is 24.3 Å². The van der Waals surface area contributed by atoms with Crippen molar-refractivity contribution in [1.82, 2.24) is 4.90 Å². The van der Waals surface area contributed by atoms with Crippen LogP contribution in [0.4, 0.5) is 0 Å². The maximum atomic E-state index is 11.0. The van der Waals surface area contributed by atoms with Crippen LogP contribution in [0.1, 0.15) is 0 Å². The molecule has 0 unspecified atom stereocenters. The lowest BCUT2D eigenvalue weighted by Crippen LogP contribution is -2.19. The third-order valence-corrected chi connectivity index (χ3v) is 2.89. The molecule has 16 heavy (non-hydrogen) atoms. The molecule has 0 aliphatic rings. The minimum Gasteiger partial charge on any atom is -0.492 e. The van der Waals surface area contributed by atoms with Gasteiger partial charge in [-0.15, -0.1) is 0 Å². The van der Waals surface area contributed by atoms with Crippen LogP contribution in [0.2, 0.25) is 0 Å². The number of rotatable bonds is 5. The first-order valence-corrected chi connectivity index (χ1v) is 6.34. The van der Waals surface area contributed by atoms with Gasteiger partial charge in [-0.05, 0) is 38.4 Å². The molecule has 0 aliphatic carbocycles. The molecular weight excluding hydrogens is 228 g/mol. The minimum absolute atomic E-state index is 0.0902. The number of ether oxygens (including phenoxy) is 1. The van der Waals surface area contributed by atoms with Gasteiger partial charge in [-0.1, -0.05) is 0 Å². The molecule has 0 bridgehead atoms. The van der Waals surface area contributed by atoms with Crippen molar-refractivity contribution in [3.63, 3.8) is 0 Å². The van der Waals surface area contributed by atoms with Crippen molar-refractivity contribution in [1.29, 1.82) is 0 Å². The fourth-order valence-corrected chi connectivity index (χ4v) is 1.59. The molecular formula is C10H16N2O3S. The largest absolute Gasteiger partial charge is 0.492 e. The Labute approximate surface area is 95.9 Å². The summed E-state index contributed by atoms with van der Waals surface area (Å²) in [7, 11) is 0.286. The molecule has 0 amide bonds. The molecule has 1 aromatic rings. The normalized spacial score (nSPS) is 11.8. The number of hydrogen-bond acceptors (Lipinski definition) is 4. The molecule has 0 spiro atoms. The molecule has 0 saturated heterocycles. The highest BCUT2D eigenvalue weighted by atomic mass is 32.2. The molecule has 5 nitrogen and oxygen atoms in total. The molecule has 1 aromatic carbocycles. The summed E-state index contributed by atoms with van der Waals surface area (Å²) in [6.45, 7) is 1.36. The smallest absolute Gasteiger partial charge is 0.238 e. The molecule has 2 N–H and O–H groups in total. The first-order valence-electron chi connectivity index (χ1n) is 4.80. The number of primary sulfonamides is 1. The first-order chi connectivity index (χ1) is 7.39. The molecule has 90 valence electrons. The topological polar surface area (TPSA) is 72.6 Å². The summed E-state index contributed by atoms with van der Waals surface area (Å²) in [5.41, 5.74) is 0. The zero-order valence-corrected chi connectivity index (χ0v) is 10.2. The lowest BCUT2D eigenvalue weighted by atomic mass is 10.3. The Morgan fingerprint density at radius 1 is 1.25 bits per heavy atom. The van der Waals surface area contributed by atoms with Gasteiger partial charge in [0, 0.05) is 6.54 Å². The summed E-state index contributed by atoms with van der Waals surface area (Å²) in [4.78, 5) is 2.09. The van der Waals surface area contributed by atoms with Crippen molar-refractivity contribution in [2.24, 2.45) is 5.14 Å². The molecule has 1 rings (SSSR count). The predicted molar refractivity (Wildman–Crippen MR) is 61.9 cm³/mol. The molecule has 6 heteroatoms. The zero-order chi connectivity index (χ0) is 12.2. The standard InChI is InChI=1S/C10H16N2O3S/c1-12(2)7-8-15-9-3-5-10(6-4-9)16(11,13)14/h3-6H,7-8H2,1-2H3,(H2,11,13,14). The first kappa shape index (κ1) is 13.0. The van der Waals surface area contributed by atoms with E-state index >= 15 is 0 Å². The van der Waals surface area contributed by atoms with Crippen molar-refractivity contribution in [2.45, 2.75) is 4.90 Å². The van der Waals surface area contributed by atoms with Gasteiger partial charge in [-0.25, -0.2) is 13.6 Å². The van der Waals surface area contributed by atoms with Crippen molar-refractivity contribution in [3.8, 4) is 5.75 Å². The number of benzene rings is 1. The molecule has 0 atom stereocenters. The van der Waals surface area contributed by atoms with Gasteiger partial charge < -0.3 is 9.64 Å². The maximum Gasteiger partial charge on any atom is 0.238 e. The molecule has 0 fully saturated rings. The van der Waals surface area contributed by atoms with E-state index in [1.165, 1.54) is 12.1 Å². The Kier molecular flexibility index (Phi) is 4.28. The summed E-state index contributed by atoms with van der Waals surface area (Å²) in [6.07, 6.45) is 0. The summed E-state index contributed by atoms with van der Waals surface area (Å²) in [5.74, 6) is 0.634. The van der Waals surface area contributed by atoms with E-state index < -0.39 is 10.0 Å². The van der Waals surface area contributed by atoms with Crippen LogP contribution >= 0.6 is 0 Å². The van der Waals surface area contributed by atoms with Gasteiger partial charge in [0.1, 0.15) is 12.4 Å². The lowest BCUT2D eigenvalue weighted by molar-refractivity contribution is 0.261. The van der Waals surface area contributed by atoms with E-state index in [4.69, 9.17) is 9.88 Å². The van der Waals surface area contributed by atoms with Crippen LogP contribution in [0.15, 0.2) is 29.2 Å². The summed E-state index contributed by atoms with van der Waals surface area (Å²) in [6, 6.07) is 6.05. The van der Waals surface area contributed by atoms with Crippen LogP contribution in [-0.4, -0.2) is 40.6 Å². The van der Waals surface area contributed by atoms with E-state index in [1.54, 1.807) is 12.1 Å². The van der Waals surface area contributed by atoms with Crippen LogP contribution in [0.5, 0.6) is 5.75 Å². The van der Waals surface area contributed by atoms with E-state index in [2.05, 4.69) is 0 Å². The van der Waals surface area contributed by atoms with E-state index in [0.717, 1.165) is 6.54 Å². The highest BCUT2D eigenvalue weighted by Crippen LogP contribution is 2.14. The average Bonchev–Trinajstić information content (AvgIpc) is 2.16. The minimum atomic E-state index is -3.62. The third-order valence-electron chi connectivity index (χ3n) is 1.96. The maximum absolute atomic E-state index is 11.0. The van der Waals surface area contributed by atoms with Crippen LogP contribution in [0.3, 0.4) is 0 Å². The van der Waals surface area contributed by atoms with Crippen molar-refractivity contribution >= 4 is 10.0 Å². The highest BCUT2D eigenvalue weighted by molar-refractivity contribution is 7.89. The molecule has 0 saturated carbocycles. The predicted octanol–water partition coefficient (Wildman–Crippen LogP) is 0.274. The number of hydrogen-bond donors (Lipinski definition) is 1. The van der Waals surface area contributed by atoms with Crippen LogP contribution in [0.25, 0.3) is 0 Å². The van der Waals surface area contributed by atoms with Gasteiger partial charge in [0.2, 0.25) is 10.0 Å². The van der Waals surface area contributed by atoms with Gasteiger partial charge >= 0.3 is 0 Å². The van der Waals surface area contributed by atoms with Gasteiger partial charge in [0.05, 0.1) is 4.90 Å². The molecule has 0 aliphatic heterocycles. The van der Waals surface area contributed by atoms with Crippen molar-refractivity contribution < 1.29 is 13.2 Å². The van der Waals surface area contributed by atoms with E-state index in [0.29, 0.717) is 12.4 Å².